The molecule has 1 N–H and O–H groups in total. The molecule has 1 aromatic heterocycles. The van der Waals surface area contributed by atoms with E-state index in [1.807, 2.05) is 0 Å². The predicted molar refractivity (Wildman–Crippen MR) is 44.4 cm³/mol. The quantitative estimate of drug-likeness (QED) is 0.641. The monoisotopic (exact) mass is 148 g/mol. The van der Waals surface area contributed by atoms with Crippen molar-refractivity contribution in [3.05, 3.63) is 29.6 Å². The maximum absolute atomic E-state index is 4.49. The third-order valence-corrected chi connectivity index (χ3v) is 1.96. The third-order valence-electron chi connectivity index (χ3n) is 1.96. The van der Waals surface area contributed by atoms with Gasteiger partial charge in [-0.25, -0.2) is 0 Å². The Morgan fingerprint density at radius 2 is 2.45 bits per heavy atom. The molecule has 1 aliphatic heterocycles. The lowest BCUT2D eigenvalue weighted by molar-refractivity contribution is 0.933. The fourth-order valence-electron chi connectivity index (χ4n) is 1.16. The highest BCUT2D eigenvalue weighted by Gasteiger charge is 2.23. The van der Waals surface area contributed by atoms with Gasteiger partial charge in [-0.15, -0.1) is 0 Å². The van der Waals surface area contributed by atoms with Crippen LogP contribution in [0.15, 0.2) is 18.2 Å². The molecule has 0 saturated carbocycles. The van der Waals surface area contributed by atoms with Crippen LogP contribution in [0.5, 0.6) is 0 Å². The van der Waals surface area contributed by atoms with E-state index < -0.39 is 0 Å². The molecule has 1 aromatic rings. The van der Waals surface area contributed by atoms with Gasteiger partial charge in [0, 0.05) is 12.2 Å². The number of pyridine rings is 1. The molecule has 2 rings (SSSR count). The molecule has 2 heteroatoms. The zero-order valence-electron chi connectivity index (χ0n) is 6.67. The van der Waals surface area contributed by atoms with E-state index in [4.69, 9.17) is 0 Å². The maximum Gasteiger partial charge on any atom is 0.0622 e. The van der Waals surface area contributed by atoms with Gasteiger partial charge in [0.1, 0.15) is 0 Å². The van der Waals surface area contributed by atoms with Crippen LogP contribution in [0.4, 0.5) is 0 Å². The summed E-state index contributed by atoms with van der Waals surface area (Å²) in [6, 6.07) is 6.79. The Balaban J connectivity index is 2.26. The Kier molecular flexibility index (Phi) is 1.62. The Morgan fingerprint density at radius 1 is 1.64 bits per heavy atom. The van der Waals surface area contributed by atoms with Crippen LogP contribution < -0.4 is 5.32 Å². The zero-order chi connectivity index (χ0) is 7.68. The first-order valence-corrected chi connectivity index (χ1v) is 4.09. The Hall–Kier alpha value is -0.890. The molecule has 2 nitrogen and oxygen atoms in total. The Morgan fingerprint density at radius 3 is 3.09 bits per heavy atom. The summed E-state index contributed by atoms with van der Waals surface area (Å²) < 4.78 is 0. The molecule has 0 bridgehead atoms. The molecule has 1 unspecified atom stereocenters. The average molecular weight is 148 g/mol. The SMILES string of the molecule is CCc1cccc(C2CN2)n1. The van der Waals surface area contributed by atoms with Crippen LogP contribution in [0, 0.1) is 0 Å². The molecule has 1 aliphatic rings. The van der Waals surface area contributed by atoms with Gasteiger partial charge >= 0.3 is 0 Å². The van der Waals surface area contributed by atoms with Crippen molar-refractivity contribution >= 4 is 0 Å². The minimum atomic E-state index is 0.543. The van der Waals surface area contributed by atoms with E-state index in [1.165, 1.54) is 11.4 Å². The van der Waals surface area contributed by atoms with Crippen LogP contribution in [-0.4, -0.2) is 11.5 Å². The lowest BCUT2D eigenvalue weighted by Gasteiger charge is -1.98. The van der Waals surface area contributed by atoms with Crippen molar-refractivity contribution in [3.63, 3.8) is 0 Å². The van der Waals surface area contributed by atoms with E-state index in [1.54, 1.807) is 0 Å². The molecule has 0 radical (unpaired) electrons. The van der Waals surface area contributed by atoms with Gasteiger partial charge in [-0.05, 0) is 18.6 Å². The summed E-state index contributed by atoms with van der Waals surface area (Å²) in [5.74, 6) is 0. The molecule has 0 amide bonds. The number of nitrogens with zero attached hydrogens (tertiary/aromatic N) is 1. The molecule has 0 spiro atoms. The van der Waals surface area contributed by atoms with Crippen LogP contribution >= 0.6 is 0 Å². The van der Waals surface area contributed by atoms with Gasteiger partial charge < -0.3 is 5.32 Å². The number of aromatic nitrogens is 1. The second kappa shape index (κ2) is 2.62. The lowest BCUT2D eigenvalue weighted by atomic mass is 10.2. The lowest BCUT2D eigenvalue weighted by Crippen LogP contribution is -1.93. The van der Waals surface area contributed by atoms with E-state index in [0.29, 0.717) is 6.04 Å². The molecular formula is C9H12N2. The standard InChI is InChI=1S/C9H12N2/c1-2-7-4-3-5-8(11-7)9-6-10-9/h3-5,9-10H,2,6H2,1H3. The van der Waals surface area contributed by atoms with E-state index in [0.717, 1.165) is 13.0 Å². The summed E-state index contributed by atoms with van der Waals surface area (Å²) in [7, 11) is 0. The number of aryl methyl sites for hydroxylation is 1. The molecule has 58 valence electrons. The maximum atomic E-state index is 4.49. The highest BCUT2D eigenvalue weighted by Crippen LogP contribution is 2.18. The summed E-state index contributed by atoms with van der Waals surface area (Å²) in [5, 5.41) is 3.24. The van der Waals surface area contributed by atoms with Gasteiger partial charge in [0.15, 0.2) is 0 Å². The topological polar surface area (TPSA) is 34.8 Å². The van der Waals surface area contributed by atoms with Crippen LogP contribution in [-0.2, 0) is 6.42 Å². The van der Waals surface area contributed by atoms with Gasteiger partial charge in [-0.3, -0.25) is 4.98 Å². The van der Waals surface area contributed by atoms with Crippen LogP contribution in [0.2, 0.25) is 0 Å². The molecule has 11 heavy (non-hydrogen) atoms. The van der Waals surface area contributed by atoms with Gasteiger partial charge in [0.2, 0.25) is 0 Å². The molecule has 1 saturated heterocycles. The van der Waals surface area contributed by atoms with Crippen molar-refractivity contribution in [2.24, 2.45) is 0 Å². The summed E-state index contributed by atoms with van der Waals surface area (Å²) in [6.45, 7) is 3.23. The predicted octanol–water partition coefficient (Wildman–Crippen LogP) is 1.29. The summed E-state index contributed by atoms with van der Waals surface area (Å²) in [5.41, 5.74) is 2.39. The smallest absolute Gasteiger partial charge is 0.0622 e. The number of nitrogens with one attached hydrogen (secondary N) is 1. The minimum Gasteiger partial charge on any atom is -0.306 e. The molecule has 1 atom stereocenters. The minimum absolute atomic E-state index is 0.543. The van der Waals surface area contributed by atoms with Crippen molar-refractivity contribution in [1.29, 1.82) is 0 Å². The average Bonchev–Trinajstić information content (AvgIpc) is 2.87. The second-order valence-electron chi connectivity index (χ2n) is 2.87. The normalized spacial score (nSPS) is 21.7. The third kappa shape index (κ3) is 1.40. The fourth-order valence-corrected chi connectivity index (χ4v) is 1.16. The second-order valence-corrected chi connectivity index (χ2v) is 2.87. The van der Waals surface area contributed by atoms with Crippen molar-refractivity contribution in [2.45, 2.75) is 19.4 Å². The van der Waals surface area contributed by atoms with Crippen molar-refractivity contribution in [2.75, 3.05) is 6.54 Å². The Labute approximate surface area is 66.7 Å². The zero-order valence-corrected chi connectivity index (χ0v) is 6.67. The van der Waals surface area contributed by atoms with Crippen molar-refractivity contribution in [1.82, 2.24) is 10.3 Å². The highest BCUT2D eigenvalue weighted by molar-refractivity contribution is 5.18. The summed E-state index contributed by atoms with van der Waals surface area (Å²) >= 11 is 0. The first kappa shape index (κ1) is 6.80. The number of hydrogen-bond acceptors (Lipinski definition) is 2. The highest BCUT2D eigenvalue weighted by atomic mass is 15.1. The first-order valence-electron chi connectivity index (χ1n) is 4.09. The van der Waals surface area contributed by atoms with Crippen LogP contribution in [0.3, 0.4) is 0 Å². The fraction of sp³-hybridized carbons (Fsp3) is 0.444. The van der Waals surface area contributed by atoms with Crippen molar-refractivity contribution in [3.8, 4) is 0 Å². The molecule has 0 aliphatic carbocycles. The first-order chi connectivity index (χ1) is 5.40. The largest absolute Gasteiger partial charge is 0.306 e. The van der Waals surface area contributed by atoms with E-state index in [2.05, 4.69) is 35.4 Å². The van der Waals surface area contributed by atoms with Crippen molar-refractivity contribution < 1.29 is 0 Å². The Bertz CT molecular complexity index is 253. The van der Waals surface area contributed by atoms with Crippen LogP contribution in [0.25, 0.3) is 0 Å². The molecule has 1 fully saturated rings. The van der Waals surface area contributed by atoms with Gasteiger partial charge in [-0.2, -0.15) is 0 Å². The summed E-state index contributed by atoms with van der Waals surface area (Å²) in [4.78, 5) is 4.49. The number of hydrogen-bond donors (Lipinski definition) is 1. The summed E-state index contributed by atoms with van der Waals surface area (Å²) in [6.07, 6.45) is 1.03. The van der Waals surface area contributed by atoms with E-state index >= 15 is 0 Å². The van der Waals surface area contributed by atoms with Gasteiger partial charge in [-0.1, -0.05) is 13.0 Å². The number of rotatable bonds is 2. The van der Waals surface area contributed by atoms with E-state index in [9.17, 15) is 0 Å². The van der Waals surface area contributed by atoms with Gasteiger partial charge in [0.05, 0.1) is 11.7 Å². The molecular weight excluding hydrogens is 136 g/mol. The van der Waals surface area contributed by atoms with Crippen LogP contribution in [0.1, 0.15) is 24.4 Å². The van der Waals surface area contributed by atoms with E-state index in [-0.39, 0.29) is 0 Å². The molecule has 0 aromatic carbocycles. The van der Waals surface area contributed by atoms with Gasteiger partial charge in [0.25, 0.3) is 0 Å². The molecule has 2 heterocycles.